The number of rotatable bonds is 6. The number of carbonyl (C=O) groups excluding carboxylic acids is 1. The van der Waals surface area contributed by atoms with Crippen molar-refractivity contribution in [3.8, 4) is 0 Å². The first kappa shape index (κ1) is 15.5. The first-order valence-electron chi connectivity index (χ1n) is 7.37. The van der Waals surface area contributed by atoms with Crippen molar-refractivity contribution in [3.63, 3.8) is 0 Å². The van der Waals surface area contributed by atoms with Crippen LogP contribution in [0.5, 0.6) is 0 Å². The fraction of sp³-hybridized carbons (Fsp3) is 0.933. The summed E-state index contributed by atoms with van der Waals surface area (Å²) in [6.45, 7) is 9.25. The summed E-state index contributed by atoms with van der Waals surface area (Å²) < 4.78 is 0. The van der Waals surface area contributed by atoms with Gasteiger partial charge in [0.2, 0.25) is 5.91 Å². The van der Waals surface area contributed by atoms with E-state index in [-0.39, 0.29) is 18.1 Å². The summed E-state index contributed by atoms with van der Waals surface area (Å²) in [4.78, 5) is 14.3. The minimum atomic E-state index is -0.309. The van der Waals surface area contributed by atoms with Gasteiger partial charge in [0, 0.05) is 19.0 Å². The van der Waals surface area contributed by atoms with E-state index in [1.165, 1.54) is 0 Å². The van der Waals surface area contributed by atoms with Crippen LogP contribution in [0.15, 0.2) is 0 Å². The third-order valence-electron chi connectivity index (χ3n) is 3.71. The lowest BCUT2D eigenvalue weighted by Crippen LogP contribution is -2.37. The van der Waals surface area contributed by atoms with E-state index in [1.807, 2.05) is 11.8 Å². The van der Waals surface area contributed by atoms with Crippen LogP contribution in [0.1, 0.15) is 59.8 Å². The average Bonchev–Trinajstić information content (AvgIpc) is 2.62. The van der Waals surface area contributed by atoms with Gasteiger partial charge in [0.25, 0.3) is 0 Å². The van der Waals surface area contributed by atoms with Gasteiger partial charge in [-0.1, -0.05) is 20.8 Å². The lowest BCUT2D eigenvalue weighted by atomic mass is 9.95. The Balaban J connectivity index is 2.44. The van der Waals surface area contributed by atoms with Gasteiger partial charge >= 0.3 is 0 Å². The van der Waals surface area contributed by atoms with Crippen molar-refractivity contribution in [1.82, 2.24) is 4.90 Å². The molecular formula is C15H29NO2. The van der Waals surface area contributed by atoms with E-state index in [2.05, 4.69) is 20.8 Å². The van der Waals surface area contributed by atoms with Crippen LogP contribution in [0.4, 0.5) is 0 Å². The summed E-state index contributed by atoms with van der Waals surface area (Å²) >= 11 is 0. The Morgan fingerprint density at radius 3 is 2.56 bits per heavy atom. The van der Waals surface area contributed by atoms with E-state index < -0.39 is 0 Å². The SMILES string of the molecule is CC(C)CC(C)CC(=O)N1CCCC1CC(C)O. The Hall–Kier alpha value is -0.570. The van der Waals surface area contributed by atoms with Crippen LogP contribution in [0.2, 0.25) is 0 Å². The van der Waals surface area contributed by atoms with Crippen molar-refractivity contribution in [3.05, 3.63) is 0 Å². The molecule has 3 unspecified atom stereocenters. The summed E-state index contributed by atoms with van der Waals surface area (Å²) in [6.07, 6.45) is 4.33. The second kappa shape index (κ2) is 7.13. The zero-order valence-electron chi connectivity index (χ0n) is 12.4. The van der Waals surface area contributed by atoms with Gasteiger partial charge in [0.05, 0.1) is 6.10 Å². The van der Waals surface area contributed by atoms with Gasteiger partial charge in [0.15, 0.2) is 0 Å². The van der Waals surface area contributed by atoms with Gasteiger partial charge in [-0.05, 0) is 44.4 Å². The summed E-state index contributed by atoms with van der Waals surface area (Å²) in [5.41, 5.74) is 0. The van der Waals surface area contributed by atoms with Crippen molar-refractivity contribution in [2.24, 2.45) is 11.8 Å². The topological polar surface area (TPSA) is 40.5 Å². The summed E-state index contributed by atoms with van der Waals surface area (Å²) in [5, 5.41) is 9.48. The molecule has 0 bridgehead atoms. The number of carbonyl (C=O) groups is 1. The van der Waals surface area contributed by atoms with Gasteiger partial charge in [0.1, 0.15) is 0 Å². The second-order valence-corrected chi connectivity index (χ2v) is 6.41. The van der Waals surface area contributed by atoms with E-state index in [4.69, 9.17) is 0 Å². The van der Waals surface area contributed by atoms with E-state index in [0.717, 1.165) is 32.2 Å². The van der Waals surface area contributed by atoms with Crippen LogP contribution >= 0.6 is 0 Å². The molecule has 0 aromatic carbocycles. The van der Waals surface area contributed by atoms with Crippen molar-refractivity contribution < 1.29 is 9.90 Å². The molecule has 3 nitrogen and oxygen atoms in total. The van der Waals surface area contributed by atoms with Crippen LogP contribution in [0.3, 0.4) is 0 Å². The fourth-order valence-corrected chi connectivity index (χ4v) is 3.11. The van der Waals surface area contributed by atoms with Crippen molar-refractivity contribution in [2.75, 3.05) is 6.54 Å². The maximum absolute atomic E-state index is 12.3. The van der Waals surface area contributed by atoms with Gasteiger partial charge in [-0.25, -0.2) is 0 Å². The predicted octanol–water partition coefficient (Wildman–Crippen LogP) is 2.82. The molecule has 1 N–H and O–H groups in total. The smallest absolute Gasteiger partial charge is 0.223 e. The van der Waals surface area contributed by atoms with Crippen molar-refractivity contribution in [1.29, 1.82) is 0 Å². The summed E-state index contributed by atoms with van der Waals surface area (Å²) in [5.74, 6) is 1.40. The number of nitrogens with zero attached hydrogens (tertiary/aromatic N) is 1. The fourth-order valence-electron chi connectivity index (χ4n) is 3.11. The molecule has 3 atom stereocenters. The highest BCUT2D eigenvalue weighted by Crippen LogP contribution is 2.24. The highest BCUT2D eigenvalue weighted by atomic mass is 16.3. The molecule has 0 spiro atoms. The highest BCUT2D eigenvalue weighted by molar-refractivity contribution is 5.77. The molecule has 1 rings (SSSR count). The molecule has 1 heterocycles. The molecule has 0 aromatic heterocycles. The molecule has 106 valence electrons. The van der Waals surface area contributed by atoms with Crippen LogP contribution in [-0.2, 0) is 4.79 Å². The third-order valence-corrected chi connectivity index (χ3v) is 3.71. The highest BCUT2D eigenvalue weighted by Gasteiger charge is 2.29. The Bertz CT molecular complexity index is 263. The molecule has 3 heteroatoms. The first-order chi connectivity index (χ1) is 8.40. The van der Waals surface area contributed by atoms with E-state index in [9.17, 15) is 9.90 Å². The van der Waals surface area contributed by atoms with Gasteiger partial charge in [-0.15, -0.1) is 0 Å². The number of aliphatic hydroxyl groups is 1. The molecule has 0 aromatic rings. The van der Waals surface area contributed by atoms with Crippen LogP contribution in [-0.4, -0.2) is 34.6 Å². The van der Waals surface area contributed by atoms with Gasteiger partial charge in [-0.2, -0.15) is 0 Å². The Labute approximate surface area is 112 Å². The van der Waals surface area contributed by atoms with Gasteiger partial charge < -0.3 is 10.0 Å². The molecular weight excluding hydrogens is 226 g/mol. The number of hydrogen-bond acceptors (Lipinski definition) is 2. The predicted molar refractivity (Wildman–Crippen MR) is 74.3 cm³/mol. The normalized spacial score (nSPS) is 23.4. The van der Waals surface area contributed by atoms with Crippen LogP contribution in [0, 0.1) is 11.8 Å². The Morgan fingerprint density at radius 1 is 1.33 bits per heavy atom. The Kier molecular flexibility index (Phi) is 6.13. The molecule has 0 aliphatic carbocycles. The maximum atomic E-state index is 12.3. The number of hydrogen-bond donors (Lipinski definition) is 1. The van der Waals surface area contributed by atoms with E-state index in [0.29, 0.717) is 18.3 Å². The van der Waals surface area contributed by atoms with E-state index >= 15 is 0 Å². The molecule has 1 aliphatic rings. The first-order valence-corrected chi connectivity index (χ1v) is 7.37. The Morgan fingerprint density at radius 2 is 2.00 bits per heavy atom. The molecule has 1 aliphatic heterocycles. The molecule has 1 fully saturated rings. The lowest BCUT2D eigenvalue weighted by Gasteiger charge is -2.27. The van der Waals surface area contributed by atoms with Crippen LogP contribution in [0.25, 0.3) is 0 Å². The van der Waals surface area contributed by atoms with Gasteiger partial charge in [-0.3, -0.25) is 4.79 Å². The van der Waals surface area contributed by atoms with Crippen LogP contribution < -0.4 is 0 Å². The average molecular weight is 255 g/mol. The zero-order chi connectivity index (χ0) is 13.7. The second-order valence-electron chi connectivity index (χ2n) is 6.41. The molecule has 1 amide bonds. The van der Waals surface area contributed by atoms with Crippen molar-refractivity contribution in [2.45, 2.75) is 71.9 Å². The standard InChI is InChI=1S/C15H29NO2/c1-11(2)8-12(3)9-15(18)16-7-5-6-14(16)10-13(4)17/h11-14,17H,5-10H2,1-4H3. The summed E-state index contributed by atoms with van der Waals surface area (Å²) in [6, 6.07) is 0.267. The maximum Gasteiger partial charge on any atom is 0.223 e. The number of amides is 1. The minimum absolute atomic E-state index is 0.267. The molecule has 1 saturated heterocycles. The van der Waals surface area contributed by atoms with Crippen molar-refractivity contribution >= 4 is 5.91 Å². The number of aliphatic hydroxyl groups excluding tert-OH is 1. The summed E-state index contributed by atoms with van der Waals surface area (Å²) in [7, 11) is 0. The number of likely N-dealkylation sites (tertiary alicyclic amines) is 1. The quantitative estimate of drug-likeness (QED) is 0.793. The van der Waals surface area contributed by atoms with E-state index in [1.54, 1.807) is 0 Å². The molecule has 0 saturated carbocycles. The molecule has 0 radical (unpaired) electrons. The monoisotopic (exact) mass is 255 g/mol. The lowest BCUT2D eigenvalue weighted by molar-refractivity contribution is -0.133. The zero-order valence-corrected chi connectivity index (χ0v) is 12.4. The molecule has 18 heavy (non-hydrogen) atoms. The largest absolute Gasteiger partial charge is 0.393 e. The third kappa shape index (κ3) is 4.97. The minimum Gasteiger partial charge on any atom is -0.393 e.